The lowest BCUT2D eigenvalue weighted by Crippen LogP contribution is -2.46. The Labute approximate surface area is 121 Å². The fourth-order valence-electron chi connectivity index (χ4n) is 2.82. The second kappa shape index (κ2) is 6.86. The third-order valence-corrected chi connectivity index (χ3v) is 4.14. The molecule has 1 amide bonds. The van der Waals surface area contributed by atoms with Crippen LogP contribution in [0.2, 0.25) is 0 Å². The van der Waals surface area contributed by atoms with Crippen LogP contribution in [0.4, 0.5) is 0 Å². The molecule has 20 heavy (non-hydrogen) atoms. The van der Waals surface area contributed by atoms with Gasteiger partial charge in [-0.25, -0.2) is 0 Å². The van der Waals surface area contributed by atoms with Gasteiger partial charge in [-0.15, -0.1) is 0 Å². The Balaban J connectivity index is 2.09. The number of hydrogen-bond donors (Lipinski definition) is 2. The van der Waals surface area contributed by atoms with Crippen LogP contribution in [0.5, 0.6) is 0 Å². The van der Waals surface area contributed by atoms with E-state index < -0.39 is 0 Å². The number of carbonyl (C=O) groups is 1. The molecule has 1 aliphatic heterocycles. The summed E-state index contributed by atoms with van der Waals surface area (Å²) in [4.78, 5) is 13.6. The van der Waals surface area contributed by atoms with Crippen molar-refractivity contribution in [2.45, 2.75) is 39.3 Å². The minimum atomic E-state index is -0.243. The summed E-state index contributed by atoms with van der Waals surface area (Å²) in [6, 6.07) is 6.96. The molecule has 0 atom stereocenters. The van der Waals surface area contributed by atoms with E-state index in [-0.39, 0.29) is 5.91 Å². The zero-order chi connectivity index (χ0) is 14.5. The van der Waals surface area contributed by atoms with Gasteiger partial charge in [0, 0.05) is 12.6 Å². The van der Waals surface area contributed by atoms with E-state index in [0.717, 1.165) is 32.5 Å². The predicted molar refractivity (Wildman–Crippen MR) is 81.4 cm³/mol. The van der Waals surface area contributed by atoms with E-state index in [1.165, 1.54) is 16.7 Å². The Hall–Kier alpha value is -1.39. The maximum Gasteiger partial charge on any atom is 0.231 e. The number of nitrogens with two attached hydrogens (primary N) is 1. The highest BCUT2D eigenvalue weighted by Gasteiger charge is 2.22. The van der Waals surface area contributed by atoms with E-state index in [0.29, 0.717) is 12.6 Å². The first-order chi connectivity index (χ1) is 9.56. The van der Waals surface area contributed by atoms with Crippen molar-refractivity contribution in [2.75, 3.05) is 19.6 Å². The Morgan fingerprint density at radius 2 is 2.00 bits per heavy atom. The predicted octanol–water partition coefficient (Wildman–Crippen LogP) is 1.34. The van der Waals surface area contributed by atoms with Gasteiger partial charge >= 0.3 is 0 Å². The van der Waals surface area contributed by atoms with E-state index >= 15 is 0 Å². The van der Waals surface area contributed by atoms with Gasteiger partial charge in [0.05, 0.1) is 6.54 Å². The van der Waals surface area contributed by atoms with Gasteiger partial charge in [0.25, 0.3) is 0 Å². The number of aryl methyl sites for hydroxylation is 2. The Kier molecular flexibility index (Phi) is 5.15. The van der Waals surface area contributed by atoms with Crippen molar-refractivity contribution in [1.29, 1.82) is 0 Å². The van der Waals surface area contributed by atoms with Crippen molar-refractivity contribution in [3.05, 3.63) is 34.9 Å². The normalized spacial score (nSPS) is 16.6. The van der Waals surface area contributed by atoms with Crippen molar-refractivity contribution >= 4 is 5.91 Å². The van der Waals surface area contributed by atoms with Gasteiger partial charge in [0.1, 0.15) is 0 Å². The van der Waals surface area contributed by atoms with Crippen molar-refractivity contribution in [3.63, 3.8) is 0 Å². The molecule has 0 aliphatic carbocycles. The number of primary amides is 1. The molecule has 0 bridgehead atoms. The van der Waals surface area contributed by atoms with Crippen LogP contribution in [-0.2, 0) is 11.3 Å². The third-order valence-electron chi connectivity index (χ3n) is 4.14. The SMILES string of the molecule is Cc1ccc(CN(CC(N)=O)C2CCNCC2)cc1C. The summed E-state index contributed by atoms with van der Waals surface area (Å²) in [6.45, 7) is 7.43. The first-order valence-electron chi connectivity index (χ1n) is 7.35. The molecular formula is C16H25N3O. The van der Waals surface area contributed by atoms with Crippen LogP contribution in [0.3, 0.4) is 0 Å². The van der Waals surface area contributed by atoms with E-state index in [1.807, 2.05) is 0 Å². The molecule has 4 heteroatoms. The number of nitrogens with zero attached hydrogens (tertiary/aromatic N) is 1. The molecule has 1 heterocycles. The summed E-state index contributed by atoms with van der Waals surface area (Å²) in [6.07, 6.45) is 2.16. The van der Waals surface area contributed by atoms with Crippen LogP contribution < -0.4 is 11.1 Å². The highest BCUT2D eigenvalue weighted by atomic mass is 16.1. The largest absolute Gasteiger partial charge is 0.369 e. The minimum Gasteiger partial charge on any atom is -0.369 e. The van der Waals surface area contributed by atoms with Gasteiger partial charge in [0.2, 0.25) is 5.91 Å². The molecule has 0 aromatic heterocycles. The van der Waals surface area contributed by atoms with Crippen molar-refractivity contribution in [2.24, 2.45) is 5.73 Å². The van der Waals surface area contributed by atoms with Crippen LogP contribution in [0, 0.1) is 13.8 Å². The highest BCUT2D eigenvalue weighted by molar-refractivity contribution is 5.76. The molecule has 2 rings (SSSR count). The van der Waals surface area contributed by atoms with E-state index in [4.69, 9.17) is 5.73 Å². The summed E-state index contributed by atoms with van der Waals surface area (Å²) in [5, 5.41) is 3.36. The number of benzene rings is 1. The van der Waals surface area contributed by atoms with Crippen LogP contribution in [0.1, 0.15) is 29.5 Å². The van der Waals surface area contributed by atoms with Gasteiger partial charge in [-0.05, 0) is 56.5 Å². The molecule has 4 nitrogen and oxygen atoms in total. The Morgan fingerprint density at radius 3 is 2.60 bits per heavy atom. The topological polar surface area (TPSA) is 58.4 Å². The molecule has 1 aliphatic rings. The first kappa shape index (κ1) is 15.0. The average molecular weight is 275 g/mol. The number of hydrogen-bond acceptors (Lipinski definition) is 3. The maximum absolute atomic E-state index is 11.3. The fraction of sp³-hybridized carbons (Fsp3) is 0.562. The third kappa shape index (κ3) is 4.05. The molecule has 110 valence electrons. The lowest BCUT2D eigenvalue weighted by atomic mass is 10.0. The second-order valence-corrected chi connectivity index (χ2v) is 5.77. The van der Waals surface area contributed by atoms with Gasteiger partial charge in [-0.3, -0.25) is 9.69 Å². The van der Waals surface area contributed by atoms with Crippen LogP contribution >= 0.6 is 0 Å². The smallest absolute Gasteiger partial charge is 0.231 e. The molecule has 0 spiro atoms. The number of piperidine rings is 1. The minimum absolute atomic E-state index is 0.243. The first-order valence-corrected chi connectivity index (χ1v) is 7.35. The van der Waals surface area contributed by atoms with E-state index in [9.17, 15) is 4.79 Å². The summed E-state index contributed by atoms with van der Waals surface area (Å²) < 4.78 is 0. The summed E-state index contributed by atoms with van der Waals surface area (Å²) in [5.41, 5.74) is 9.27. The van der Waals surface area contributed by atoms with E-state index in [2.05, 4.69) is 42.3 Å². The molecule has 3 N–H and O–H groups in total. The summed E-state index contributed by atoms with van der Waals surface area (Å²) in [5.74, 6) is -0.243. The molecule has 0 radical (unpaired) electrons. The summed E-state index contributed by atoms with van der Waals surface area (Å²) in [7, 11) is 0. The number of rotatable bonds is 5. The summed E-state index contributed by atoms with van der Waals surface area (Å²) >= 11 is 0. The monoisotopic (exact) mass is 275 g/mol. The zero-order valence-electron chi connectivity index (χ0n) is 12.5. The zero-order valence-corrected chi connectivity index (χ0v) is 12.5. The lowest BCUT2D eigenvalue weighted by molar-refractivity contribution is -0.120. The molecule has 0 saturated carbocycles. The Morgan fingerprint density at radius 1 is 1.30 bits per heavy atom. The van der Waals surface area contributed by atoms with Crippen LogP contribution in [-0.4, -0.2) is 36.5 Å². The highest BCUT2D eigenvalue weighted by Crippen LogP contribution is 2.17. The van der Waals surface area contributed by atoms with Crippen LogP contribution in [0.25, 0.3) is 0 Å². The van der Waals surface area contributed by atoms with Crippen LogP contribution in [0.15, 0.2) is 18.2 Å². The molecule has 1 aromatic carbocycles. The molecule has 0 unspecified atom stereocenters. The molecule has 1 fully saturated rings. The van der Waals surface area contributed by atoms with Crippen molar-refractivity contribution in [3.8, 4) is 0 Å². The maximum atomic E-state index is 11.3. The molecule has 1 aromatic rings. The lowest BCUT2D eigenvalue weighted by Gasteiger charge is -2.34. The second-order valence-electron chi connectivity index (χ2n) is 5.77. The standard InChI is InChI=1S/C16H25N3O/c1-12-3-4-14(9-13(12)2)10-19(11-16(17)20)15-5-7-18-8-6-15/h3-4,9,15,18H,5-8,10-11H2,1-2H3,(H2,17,20). The van der Waals surface area contributed by atoms with Crippen molar-refractivity contribution < 1.29 is 4.79 Å². The van der Waals surface area contributed by atoms with Gasteiger partial charge < -0.3 is 11.1 Å². The number of nitrogens with one attached hydrogen (secondary N) is 1. The van der Waals surface area contributed by atoms with Gasteiger partial charge in [0.15, 0.2) is 0 Å². The quantitative estimate of drug-likeness (QED) is 0.852. The van der Waals surface area contributed by atoms with Gasteiger partial charge in [-0.1, -0.05) is 18.2 Å². The molecular weight excluding hydrogens is 250 g/mol. The molecule has 1 saturated heterocycles. The number of carbonyl (C=O) groups excluding carboxylic acids is 1. The van der Waals surface area contributed by atoms with Crippen molar-refractivity contribution in [1.82, 2.24) is 10.2 Å². The average Bonchev–Trinajstić information content (AvgIpc) is 2.43. The Bertz CT molecular complexity index is 467. The number of amides is 1. The fourth-order valence-corrected chi connectivity index (χ4v) is 2.82. The van der Waals surface area contributed by atoms with E-state index in [1.54, 1.807) is 0 Å². The van der Waals surface area contributed by atoms with Gasteiger partial charge in [-0.2, -0.15) is 0 Å².